The Morgan fingerprint density at radius 3 is 2.21 bits per heavy atom. The maximum absolute atomic E-state index is 13.3. The highest BCUT2D eigenvalue weighted by Crippen LogP contribution is 2.24. The van der Waals surface area contributed by atoms with Crippen LogP contribution < -0.4 is 0 Å². The van der Waals surface area contributed by atoms with Gasteiger partial charge in [0.15, 0.2) is 8.24 Å². The summed E-state index contributed by atoms with van der Waals surface area (Å²) in [7, 11) is -4.94. The van der Waals surface area contributed by atoms with Gasteiger partial charge < -0.3 is 5.11 Å². The normalized spacial score (nSPS) is 16.4. The highest BCUT2D eigenvalue weighted by molar-refractivity contribution is 7.95. The summed E-state index contributed by atoms with van der Waals surface area (Å²) in [5.41, 5.74) is 0. The zero-order valence-corrected chi connectivity index (χ0v) is 13.6. The highest BCUT2D eigenvalue weighted by Gasteiger charge is 2.32. The minimum atomic E-state index is -2.93. The van der Waals surface area contributed by atoms with Crippen LogP contribution in [0.2, 0.25) is 19.6 Å². The van der Waals surface area contributed by atoms with E-state index in [4.69, 9.17) is 0 Å². The predicted molar refractivity (Wildman–Crippen MR) is 80.3 cm³/mol. The van der Waals surface area contributed by atoms with Gasteiger partial charge in [-0.1, -0.05) is 25.1 Å². The Hall–Kier alpha value is -1.14. The van der Waals surface area contributed by atoms with Crippen LogP contribution in [-0.4, -0.2) is 28.8 Å². The number of carboxylic acid groups (broad SMARTS) is 1. The van der Waals surface area contributed by atoms with Crippen LogP contribution in [-0.2, 0) is 14.5 Å². The molecule has 0 spiro atoms. The van der Waals surface area contributed by atoms with Crippen molar-refractivity contribution in [2.45, 2.75) is 43.1 Å². The van der Waals surface area contributed by atoms with E-state index in [1.54, 1.807) is 31.2 Å². The van der Waals surface area contributed by atoms with Crippen molar-refractivity contribution in [2.24, 2.45) is 4.03 Å². The van der Waals surface area contributed by atoms with Crippen LogP contribution in [0.5, 0.6) is 0 Å². The maximum atomic E-state index is 13.3. The lowest BCUT2D eigenvalue weighted by atomic mass is 10.3. The van der Waals surface area contributed by atoms with Crippen LogP contribution in [0.25, 0.3) is 0 Å². The van der Waals surface area contributed by atoms with Gasteiger partial charge in [0.2, 0.25) is 0 Å². The van der Waals surface area contributed by atoms with Crippen LogP contribution in [0.4, 0.5) is 0 Å². The fraction of sp³-hybridized carbons (Fsp3) is 0.462. The topological polar surface area (TPSA) is 66.7 Å². The zero-order chi connectivity index (χ0) is 14.7. The third kappa shape index (κ3) is 3.91. The fourth-order valence-electron chi connectivity index (χ4n) is 1.84. The van der Waals surface area contributed by atoms with Gasteiger partial charge in [0.25, 0.3) is 0 Å². The number of benzene rings is 1. The first-order valence-corrected chi connectivity index (χ1v) is 11.3. The molecule has 1 aromatic rings. The monoisotopic (exact) mass is 299 g/mol. The lowest BCUT2D eigenvalue weighted by Gasteiger charge is -2.21. The summed E-state index contributed by atoms with van der Waals surface area (Å²) in [6, 6.07) is 8.77. The second kappa shape index (κ2) is 5.88. The van der Waals surface area contributed by atoms with Gasteiger partial charge >= 0.3 is 5.97 Å². The standard InChI is InChI=1S/C13H21NO3SSi/c1-5-12(13(15)16)18(17,14-19(2,3)4)11-9-7-6-8-10-11/h6-10,12H,5H2,1-4H3,(H,15,16). The predicted octanol–water partition coefficient (Wildman–Crippen LogP) is 3.21. The van der Waals surface area contributed by atoms with Crippen molar-refractivity contribution in [1.29, 1.82) is 0 Å². The van der Waals surface area contributed by atoms with E-state index in [0.717, 1.165) is 0 Å². The number of carbonyl (C=O) groups is 1. The minimum absolute atomic E-state index is 0.303. The van der Waals surface area contributed by atoms with E-state index in [-0.39, 0.29) is 0 Å². The first kappa shape index (κ1) is 15.9. The van der Waals surface area contributed by atoms with Crippen LogP contribution >= 0.6 is 0 Å². The SMILES string of the molecule is CCC(C(=O)O)S(=O)(=N[Si](C)(C)C)c1ccccc1. The van der Waals surface area contributed by atoms with E-state index in [1.165, 1.54) is 0 Å². The number of carboxylic acids is 1. The van der Waals surface area contributed by atoms with E-state index in [1.807, 2.05) is 25.7 Å². The molecular weight excluding hydrogens is 278 g/mol. The molecule has 0 fully saturated rings. The molecular formula is C13H21NO3SSi. The zero-order valence-electron chi connectivity index (χ0n) is 11.8. The Bertz CT molecular complexity index is 557. The van der Waals surface area contributed by atoms with Crippen molar-refractivity contribution in [3.63, 3.8) is 0 Å². The average molecular weight is 299 g/mol. The fourth-order valence-corrected chi connectivity index (χ4v) is 7.63. The molecule has 1 aromatic carbocycles. The molecule has 106 valence electrons. The van der Waals surface area contributed by atoms with Gasteiger partial charge in [0.05, 0.1) is 9.73 Å². The van der Waals surface area contributed by atoms with Crippen LogP contribution in [0.15, 0.2) is 39.3 Å². The molecule has 0 saturated heterocycles. The van der Waals surface area contributed by atoms with Gasteiger partial charge in [-0.25, -0.2) is 4.21 Å². The molecule has 0 saturated carbocycles. The third-order valence-electron chi connectivity index (χ3n) is 2.52. The number of nitrogens with zero attached hydrogens (tertiary/aromatic N) is 1. The summed E-state index contributed by atoms with van der Waals surface area (Å²) in [6.07, 6.45) is 0.303. The van der Waals surface area contributed by atoms with Gasteiger partial charge in [0.1, 0.15) is 5.25 Å². The first-order valence-electron chi connectivity index (χ1n) is 6.26. The highest BCUT2D eigenvalue weighted by atomic mass is 32.2. The van der Waals surface area contributed by atoms with E-state index < -0.39 is 29.2 Å². The van der Waals surface area contributed by atoms with Crippen LogP contribution in [0.3, 0.4) is 0 Å². The van der Waals surface area contributed by atoms with Crippen molar-refractivity contribution in [3.8, 4) is 0 Å². The number of aliphatic carboxylic acids is 1. The molecule has 4 nitrogen and oxygen atoms in total. The summed E-state index contributed by atoms with van der Waals surface area (Å²) in [5.74, 6) is -1.04. The third-order valence-corrected chi connectivity index (χ3v) is 8.05. The quantitative estimate of drug-likeness (QED) is 0.849. The minimum Gasteiger partial charge on any atom is -0.480 e. The molecule has 1 rings (SSSR count). The van der Waals surface area contributed by atoms with E-state index in [0.29, 0.717) is 11.3 Å². The van der Waals surface area contributed by atoms with Gasteiger partial charge in [-0.3, -0.25) is 8.82 Å². The van der Waals surface area contributed by atoms with Crippen molar-refractivity contribution in [2.75, 3.05) is 0 Å². The molecule has 6 heteroatoms. The van der Waals surface area contributed by atoms with E-state index in [2.05, 4.69) is 4.03 Å². The van der Waals surface area contributed by atoms with Crippen molar-refractivity contribution >= 4 is 23.9 Å². The number of rotatable bonds is 5. The lowest BCUT2D eigenvalue weighted by molar-refractivity contribution is -0.136. The molecule has 0 heterocycles. The largest absolute Gasteiger partial charge is 0.480 e. The van der Waals surface area contributed by atoms with Gasteiger partial charge in [-0.15, -0.1) is 0 Å². The van der Waals surface area contributed by atoms with Gasteiger partial charge in [-0.05, 0) is 38.2 Å². The van der Waals surface area contributed by atoms with Gasteiger partial charge in [0, 0.05) is 4.90 Å². The second-order valence-electron chi connectivity index (χ2n) is 5.38. The molecule has 2 atom stereocenters. The maximum Gasteiger partial charge on any atom is 0.320 e. The van der Waals surface area contributed by atoms with Crippen molar-refractivity contribution in [1.82, 2.24) is 0 Å². The Kier molecular flexibility index (Phi) is 4.92. The Morgan fingerprint density at radius 2 is 1.84 bits per heavy atom. The van der Waals surface area contributed by atoms with E-state index in [9.17, 15) is 14.1 Å². The van der Waals surface area contributed by atoms with Crippen LogP contribution in [0, 0.1) is 0 Å². The molecule has 0 amide bonds. The molecule has 1 N–H and O–H groups in total. The molecule has 0 radical (unpaired) electrons. The summed E-state index contributed by atoms with van der Waals surface area (Å²) in [5, 5.41) is 8.39. The molecule has 0 aromatic heterocycles. The van der Waals surface area contributed by atoms with Gasteiger partial charge in [-0.2, -0.15) is 0 Å². The molecule has 0 aliphatic heterocycles. The second-order valence-corrected chi connectivity index (χ2v) is 12.6. The molecule has 0 aliphatic carbocycles. The van der Waals surface area contributed by atoms with Crippen molar-refractivity contribution in [3.05, 3.63) is 30.3 Å². The number of hydrogen-bond acceptors (Lipinski definition) is 3. The molecule has 0 bridgehead atoms. The van der Waals surface area contributed by atoms with Crippen molar-refractivity contribution < 1.29 is 14.1 Å². The summed E-state index contributed by atoms with van der Waals surface area (Å²) in [4.78, 5) is 11.9. The Labute approximate surface area is 116 Å². The lowest BCUT2D eigenvalue weighted by Crippen LogP contribution is -2.33. The summed E-state index contributed by atoms with van der Waals surface area (Å²) < 4.78 is 17.8. The molecule has 2 unspecified atom stereocenters. The summed E-state index contributed by atoms with van der Waals surface area (Å²) in [6.45, 7) is 7.62. The Balaban J connectivity index is 3.57. The average Bonchev–Trinajstić information content (AvgIpc) is 2.28. The molecule has 19 heavy (non-hydrogen) atoms. The van der Waals surface area contributed by atoms with Crippen LogP contribution in [0.1, 0.15) is 13.3 Å². The molecule has 0 aliphatic rings. The smallest absolute Gasteiger partial charge is 0.320 e. The van der Waals surface area contributed by atoms with E-state index >= 15 is 0 Å². The Morgan fingerprint density at radius 1 is 1.32 bits per heavy atom. The first-order chi connectivity index (χ1) is 8.70. The summed E-state index contributed by atoms with van der Waals surface area (Å²) >= 11 is 0. The number of hydrogen-bond donors (Lipinski definition) is 1.